The van der Waals surface area contributed by atoms with Gasteiger partial charge in [0.1, 0.15) is 11.4 Å². The molecule has 0 bridgehead atoms. The Bertz CT molecular complexity index is 890. The van der Waals surface area contributed by atoms with Gasteiger partial charge >= 0.3 is 6.09 Å². The largest absolute Gasteiger partial charge is 0.444 e. The molecule has 28 heavy (non-hydrogen) atoms. The number of ether oxygens (including phenoxy) is 1. The van der Waals surface area contributed by atoms with Crippen LogP contribution in [0.25, 0.3) is 11.1 Å². The minimum Gasteiger partial charge on any atom is -0.444 e. The Morgan fingerprint density at radius 1 is 1.07 bits per heavy atom. The molecule has 1 saturated heterocycles. The number of nitrogens with one attached hydrogen (secondary N) is 1. The van der Waals surface area contributed by atoms with Gasteiger partial charge in [-0.05, 0) is 56.9 Å². The fraction of sp³-hybridized carbons (Fsp3) is 0.435. The number of carbonyl (C=O) groups is 1. The van der Waals surface area contributed by atoms with Gasteiger partial charge in [-0.2, -0.15) is 0 Å². The third-order valence-electron chi connectivity index (χ3n) is 5.54. The molecular formula is C23H27FN2O2. The summed E-state index contributed by atoms with van der Waals surface area (Å²) >= 11 is 0. The number of nitrogens with zero attached hydrogens (tertiary/aromatic N) is 1. The first-order chi connectivity index (χ1) is 13.3. The molecule has 1 fully saturated rings. The van der Waals surface area contributed by atoms with Crippen molar-refractivity contribution in [3.8, 4) is 11.1 Å². The van der Waals surface area contributed by atoms with E-state index in [1.54, 1.807) is 11.0 Å². The van der Waals surface area contributed by atoms with Crippen LogP contribution in [0.15, 0.2) is 42.5 Å². The number of carbonyl (C=O) groups excluding carboxylic acids is 1. The highest BCUT2D eigenvalue weighted by Gasteiger charge is 2.38. The Labute approximate surface area is 165 Å². The molecule has 148 valence electrons. The molecule has 2 unspecified atom stereocenters. The first kappa shape index (κ1) is 18.8. The number of hydrogen-bond acceptors (Lipinski definition) is 3. The summed E-state index contributed by atoms with van der Waals surface area (Å²) in [5.41, 5.74) is 3.34. The lowest BCUT2D eigenvalue weighted by Gasteiger charge is -2.26. The Morgan fingerprint density at radius 3 is 2.54 bits per heavy atom. The smallest absolute Gasteiger partial charge is 0.410 e. The van der Waals surface area contributed by atoms with Gasteiger partial charge in [-0.25, -0.2) is 9.18 Å². The van der Waals surface area contributed by atoms with Crippen LogP contribution in [-0.4, -0.2) is 35.7 Å². The van der Waals surface area contributed by atoms with E-state index in [-0.39, 0.29) is 23.9 Å². The van der Waals surface area contributed by atoms with E-state index in [0.29, 0.717) is 18.7 Å². The van der Waals surface area contributed by atoms with Crippen LogP contribution in [0, 0.1) is 5.82 Å². The van der Waals surface area contributed by atoms with E-state index in [4.69, 9.17) is 4.74 Å². The number of hydrogen-bond donors (Lipinski definition) is 1. The maximum Gasteiger partial charge on any atom is 0.410 e. The van der Waals surface area contributed by atoms with Crippen LogP contribution in [0.3, 0.4) is 0 Å². The van der Waals surface area contributed by atoms with Crippen molar-refractivity contribution in [1.82, 2.24) is 4.90 Å². The van der Waals surface area contributed by atoms with Crippen LogP contribution in [0.5, 0.6) is 0 Å². The molecule has 2 aromatic carbocycles. The fourth-order valence-corrected chi connectivity index (χ4v) is 4.34. The van der Waals surface area contributed by atoms with E-state index in [1.165, 1.54) is 11.6 Å². The highest BCUT2D eigenvalue weighted by molar-refractivity contribution is 5.78. The number of rotatable bonds is 1. The van der Waals surface area contributed by atoms with Crippen LogP contribution >= 0.6 is 0 Å². The quantitative estimate of drug-likeness (QED) is 0.718. The second-order valence-corrected chi connectivity index (χ2v) is 8.65. The van der Waals surface area contributed by atoms with Gasteiger partial charge in [-0.15, -0.1) is 0 Å². The van der Waals surface area contributed by atoms with Crippen LogP contribution in [0.4, 0.5) is 14.9 Å². The summed E-state index contributed by atoms with van der Waals surface area (Å²) < 4.78 is 20.0. The standard InChI is InChI=1S/C23H27FN2O2/c1-23(2,3)28-22(27)26-13-11-17-19(12-14-26)25-20-10-6-8-16(21(17)20)15-7-4-5-9-18(15)24/h4-10,17,19,25H,11-14H2,1-3H3. The van der Waals surface area contributed by atoms with E-state index in [1.807, 2.05) is 45.0 Å². The van der Waals surface area contributed by atoms with Crippen LogP contribution in [-0.2, 0) is 4.74 Å². The zero-order chi connectivity index (χ0) is 19.9. The third kappa shape index (κ3) is 3.58. The van der Waals surface area contributed by atoms with Crippen molar-refractivity contribution in [2.45, 2.75) is 51.2 Å². The zero-order valence-electron chi connectivity index (χ0n) is 16.7. The van der Waals surface area contributed by atoms with E-state index in [9.17, 15) is 9.18 Å². The summed E-state index contributed by atoms with van der Waals surface area (Å²) in [4.78, 5) is 14.3. The molecule has 2 aliphatic heterocycles. The molecule has 2 aromatic rings. The molecule has 2 atom stereocenters. The topological polar surface area (TPSA) is 41.6 Å². The summed E-state index contributed by atoms with van der Waals surface area (Å²) in [7, 11) is 0. The van der Waals surface area contributed by atoms with Crippen molar-refractivity contribution < 1.29 is 13.9 Å². The molecule has 0 aliphatic carbocycles. The molecule has 0 spiro atoms. The fourth-order valence-electron chi connectivity index (χ4n) is 4.34. The number of anilines is 1. The van der Waals surface area contributed by atoms with Crippen LogP contribution in [0.2, 0.25) is 0 Å². The number of halogens is 1. The van der Waals surface area contributed by atoms with Gasteiger partial charge in [0.05, 0.1) is 0 Å². The van der Waals surface area contributed by atoms with E-state index in [2.05, 4.69) is 11.4 Å². The second kappa shape index (κ2) is 7.12. The number of amides is 1. The molecule has 1 N–H and O–H groups in total. The van der Waals surface area contributed by atoms with E-state index >= 15 is 0 Å². The minimum absolute atomic E-state index is 0.205. The Morgan fingerprint density at radius 2 is 1.79 bits per heavy atom. The molecule has 0 saturated carbocycles. The molecule has 1 amide bonds. The molecule has 4 rings (SSSR count). The molecule has 5 heteroatoms. The first-order valence-corrected chi connectivity index (χ1v) is 9.96. The van der Waals surface area contributed by atoms with Crippen molar-refractivity contribution in [2.24, 2.45) is 0 Å². The molecule has 0 radical (unpaired) electrons. The van der Waals surface area contributed by atoms with Gasteiger partial charge < -0.3 is 15.0 Å². The van der Waals surface area contributed by atoms with Crippen LogP contribution < -0.4 is 5.32 Å². The average molecular weight is 382 g/mol. The molecular weight excluding hydrogens is 355 g/mol. The monoisotopic (exact) mass is 382 g/mol. The van der Waals surface area contributed by atoms with Gasteiger partial charge in [0, 0.05) is 36.3 Å². The molecule has 4 nitrogen and oxygen atoms in total. The second-order valence-electron chi connectivity index (χ2n) is 8.65. The molecule has 2 aliphatic rings. The highest BCUT2D eigenvalue weighted by atomic mass is 19.1. The summed E-state index contributed by atoms with van der Waals surface area (Å²) in [5, 5.41) is 3.61. The lowest BCUT2D eigenvalue weighted by molar-refractivity contribution is 0.0256. The van der Waals surface area contributed by atoms with Crippen molar-refractivity contribution in [1.29, 1.82) is 0 Å². The predicted molar refractivity (Wildman–Crippen MR) is 109 cm³/mol. The third-order valence-corrected chi connectivity index (χ3v) is 5.54. The Balaban J connectivity index is 1.61. The zero-order valence-corrected chi connectivity index (χ0v) is 16.7. The van der Waals surface area contributed by atoms with E-state index < -0.39 is 5.60 Å². The highest BCUT2D eigenvalue weighted by Crippen LogP contribution is 2.46. The summed E-state index contributed by atoms with van der Waals surface area (Å²) in [6.07, 6.45) is 1.42. The normalized spacial score (nSPS) is 21.4. The Kier molecular flexibility index (Phi) is 4.77. The van der Waals surface area contributed by atoms with Gasteiger partial charge in [0.25, 0.3) is 0 Å². The first-order valence-electron chi connectivity index (χ1n) is 9.96. The lowest BCUT2D eigenvalue weighted by atomic mass is 9.86. The van der Waals surface area contributed by atoms with Gasteiger partial charge in [-0.1, -0.05) is 30.3 Å². The van der Waals surface area contributed by atoms with Crippen molar-refractivity contribution in [2.75, 3.05) is 18.4 Å². The number of fused-ring (bicyclic) bond motifs is 3. The van der Waals surface area contributed by atoms with Crippen LogP contribution in [0.1, 0.15) is 45.1 Å². The number of benzene rings is 2. The SMILES string of the molecule is CC(C)(C)OC(=O)N1CCC2Nc3cccc(-c4ccccc4F)c3C2CC1. The summed E-state index contributed by atoms with van der Waals surface area (Å²) in [6, 6.07) is 13.2. The molecule has 2 heterocycles. The maximum absolute atomic E-state index is 14.5. The summed E-state index contributed by atoms with van der Waals surface area (Å²) in [6.45, 7) is 6.96. The van der Waals surface area contributed by atoms with Gasteiger partial charge in [0.15, 0.2) is 0 Å². The van der Waals surface area contributed by atoms with Crippen molar-refractivity contribution in [3.63, 3.8) is 0 Å². The van der Waals surface area contributed by atoms with Crippen molar-refractivity contribution in [3.05, 3.63) is 53.8 Å². The average Bonchev–Trinajstić information content (AvgIpc) is 2.85. The van der Waals surface area contributed by atoms with Crippen molar-refractivity contribution >= 4 is 11.8 Å². The maximum atomic E-state index is 14.5. The summed E-state index contributed by atoms with van der Waals surface area (Å²) in [5.74, 6) is 0.0431. The minimum atomic E-state index is -0.498. The number of likely N-dealkylation sites (tertiary alicyclic amines) is 1. The van der Waals surface area contributed by atoms with E-state index in [0.717, 1.165) is 24.1 Å². The Hall–Kier alpha value is -2.56. The van der Waals surface area contributed by atoms with Gasteiger partial charge in [0.2, 0.25) is 0 Å². The lowest BCUT2D eigenvalue weighted by Crippen LogP contribution is -2.37. The molecule has 0 aromatic heterocycles. The predicted octanol–water partition coefficient (Wildman–Crippen LogP) is 5.40. The van der Waals surface area contributed by atoms with Gasteiger partial charge in [-0.3, -0.25) is 0 Å².